The zero-order chi connectivity index (χ0) is 13.4. The van der Waals surface area contributed by atoms with Gasteiger partial charge in [0, 0.05) is 13.2 Å². The van der Waals surface area contributed by atoms with Crippen LogP contribution in [-0.4, -0.2) is 24.9 Å². The zero-order valence-electron chi connectivity index (χ0n) is 11.4. The lowest BCUT2D eigenvalue weighted by molar-refractivity contribution is 0.0879. The number of hydrogen-bond donors (Lipinski definition) is 2. The summed E-state index contributed by atoms with van der Waals surface area (Å²) in [5, 5.41) is 9.50. The maximum atomic E-state index is 9.50. The van der Waals surface area contributed by atoms with Crippen LogP contribution in [0.25, 0.3) is 0 Å². The molecule has 0 aromatic heterocycles. The topological polar surface area (TPSA) is 55.5 Å². The lowest BCUT2D eigenvalue weighted by Crippen LogP contribution is -2.41. The highest BCUT2D eigenvalue weighted by Crippen LogP contribution is 2.21. The molecule has 1 unspecified atom stereocenters. The van der Waals surface area contributed by atoms with Gasteiger partial charge in [0.1, 0.15) is 0 Å². The molecule has 0 aliphatic rings. The molecule has 18 heavy (non-hydrogen) atoms. The second kappa shape index (κ2) is 7.52. The minimum absolute atomic E-state index is 0.0649. The molecule has 0 heterocycles. The first-order chi connectivity index (χ1) is 8.58. The molecule has 0 aliphatic carbocycles. The van der Waals surface area contributed by atoms with Crippen LogP contribution in [0.1, 0.15) is 32.3 Å². The average molecular weight is 251 g/mol. The Morgan fingerprint density at radius 2 is 1.89 bits per heavy atom. The standard InChI is InChI=1S/C15H25NO2/c1-13(2)8-10-18-11-9-15(16,12-17)14-6-4-3-5-7-14/h3-7,13,17H,8-12,16H2,1-2H3. The van der Waals surface area contributed by atoms with Crippen LogP contribution in [0.5, 0.6) is 0 Å². The Morgan fingerprint density at radius 1 is 1.22 bits per heavy atom. The van der Waals surface area contributed by atoms with Crippen molar-refractivity contribution in [2.75, 3.05) is 19.8 Å². The van der Waals surface area contributed by atoms with E-state index in [4.69, 9.17) is 10.5 Å². The van der Waals surface area contributed by atoms with Crippen molar-refractivity contribution in [3.63, 3.8) is 0 Å². The highest BCUT2D eigenvalue weighted by atomic mass is 16.5. The summed E-state index contributed by atoms with van der Waals surface area (Å²) in [6.07, 6.45) is 1.69. The maximum Gasteiger partial charge on any atom is 0.0666 e. The van der Waals surface area contributed by atoms with E-state index in [0.29, 0.717) is 18.9 Å². The summed E-state index contributed by atoms with van der Waals surface area (Å²) in [6, 6.07) is 9.72. The molecular weight excluding hydrogens is 226 g/mol. The molecule has 1 aromatic carbocycles. The molecule has 3 heteroatoms. The predicted molar refractivity (Wildman–Crippen MR) is 74.3 cm³/mol. The van der Waals surface area contributed by atoms with Gasteiger partial charge in [-0.15, -0.1) is 0 Å². The van der Waals surface area contributed by atoms with Gasteiger partial charge in [-0.2, -0.15) is 0 Å². The predicted octanol–water partition coefficient (Wildman–Crippen LogP) is 2.29. The third-order valence-electron chi connectivity index (χ3n) is 3.16. The van der Waals surface area contributed by atoms with E-state index < -0.39 is 5.54 Å². The van der Waals surface area contributed by atoms with Gasteiger partial charge in [-0.1, -0.05) is 44.2 Å². The van der Waals surface area contributed by atoms with Crippen LogP contribution in [0.15, 0.2) is 30.3 Å². The van der Waals surface area contributed by atoms with Gasteiger partial charge in [-0.05, 0) is 24.3 Å². The fourth-order valence-corrected chi connectivity index (χ4v) is 1.76. The highest BCUT2D eigenvalue weighted by Gasteiger charge is 2.25. The molecule has 1 atom stereocenters. The van der Waals surface area contributed by atoms with Crippen molar-refractivity contribution in [2.24, 2.45) is 11.7 Å². The van der Waals surface area contributed by atoms with Crippen LogP contribution in [0.2, 0.25) is 0 Å². The summed E-state index contributed by atoms with van der Waals surface area (Å²) in [7, 11) is 0. The monoisotopic (exact) mass is 251 g/mol. The fraction of sp³-hybridized carbons (Fsp3) is 0.600. The molecule has 1 rings (SSSR count). The smallest absolute Gasteiger partial charge is 0.0666 e. The molecule has 0 saturated heterocycles. The van der Waals surface area contributed by atoms with Gasteiger partial charge in [0.05, 0.1) is 12.1 Å². The van der Waals surface area contributed by atoms with Crippen molar-refractivity contribution in [1.82, 2.24) is 0 Å². The number of ether oxygens (including phenoxy) is 1. The number of nitrogens with two attached hydrogens (primary N) is 1. The SMILES string of the molecule is CC(C)CCOCCC(N)(CO)c1ccccc1. The van der Waals surface area contributed by atoms with E-state index in [1.807, 2.05) is 30.3 Å². The van der Waals surface area contributed by atoms with Crippen molar-refractivity contribution < 1.29 is 9.84 Å². The molecule has 0 fully saturated rings. The van der Waals surface area contributed by atoms with Crippen molar-refractivity contribution in [2.45, 2.75) is 32.2 Å². The molecule has 102 valence electrons. The third kappa shape index (κ3) is 4.77. The molecule has 0 saturated carbocycles. The summed E-state index contributed by atoms with van der Waals surface area (Å²) < 4.78 is 5.57. The van der Waals surface area contributed by atoms with Crippen molar-refractivity contribution in [3.05, 3.63) is 35.9 Å². The van der Waals surface area contributed by atoms with E-state index in [-0.39, 0.29) is 6.61 Å². The lowest BCUT2D eigenvalue weighted by Gasteiger charge is -2.27. The summed E-state index contributed by atoms with van der Waals surface area (Å²) in [4.78, 5) is 0. The molecule has 0 spiro atoms. The van der Waals surface area contributed by atoms with E-state index in [2.05, 4.69) is 13.8 Å². The number of hydrogen-bond acceptors (Lipinski definition) is 3. The second-order valence-electron chi connectivity index (χ2n) is 5.23. The van der Waals surface area contributed by atoms with E-state index in [0.717, 1.165) is 18.6 Å². The largest absolute Gasteiger partial charge is 0.394 e. The van der Waals surface area contributed by atoms with Crippen molar-refractivity contribution in [3.8, 4) is 0 Å². The molecular formula is C15H25NO2. The summed E-state index contributed by atoms with van der Waals surface area (Å²) in [5.41, 5.74) is 6.49. The first-order valence-electron chi connectivity index (χ1n) is 6.61. The molecule has 0 amide bonds. The van der Waals surface area contributed by atoms with Crippen LogP contribution >= 0.6 is 0 Å². The van der Waals surface area contributed by atoms with Gasteiger partial charge in [0.25, 0.3) is 0 Å². The summed E-state index contributed by atoms with van der Waals surface area (Å²) in [6.45, 7) is 5.62. The first-order valence-corrected chi connectivity index (χ1v) is 6.61. The highest BCUT2D eigenvalue weighted by molar-refractivity contribution is 5.23. The van der Waals surface area contributed by atoms with Gasteiger partial charge >= 0.3 is 0 Å². The Labute approximate surface area is 110 Å². The number of aliphatic hydroxyl groups excluding tert-OH is 1. The van der Waals surface area contributed by atoms with Gasteiger partial charge < -0.3 is 15.6 Å². The Bertz CT molecular complexity index is 327. The van der Waals surface area contributed by atoms with Crippen LogP contribution < -0.4 is 5.73 Å². The van der Waals surface area contributed by atoms with Crippen LogP contribution in [0, 0.1) is 5.92 Å². The fourth-order valence-electron chi connectivity index (χ4n) is 1.76. The Morgan fingerprint density at radius 3 is 2.44 bits per heavy atom. The third-order valence-corrected chi connectivity index (χ3v) is 3.16. The van der Waals surface area contributed by atoms with Gasteiger partial charge in [-0.3, -0.25) is 0 Å². The van der Waals surface area contributed by atoms with Gasteiger partial charge in [0.15, 0.2) is 0 Å². The normalized spacial score (nSPS) is 14.7. The summed E-state index contributed by atoms with van der Waals surface area (Å²) >= 11 is 0. The Kier molecular flexibility index (Phi) is 6.33. The van der Waals surface area contributed by atoms with E-state index in [1.54, 1.807) is 0 Å². The van der Waals surface area contributed by atoms with Crippen molar-refractivity contribution in [1.29, 1.82) is 0 Å². The lowest BCUT2D eigenvalue weighted by atomic mass is 9.89. The first kappa shape index (κ1) is 15.2. The Hall–Kier alpha value is -0.900. The number of aliphatic hydroxyl groups is 1. The van der Waals surface area contributed by atoms with Crippen LogP contribution in [0.4, 0.5) is 0 Å². The molecule has 3 N–H and O–H groups in total. The number of rotatable bonds is 8. The molecule has 3 nitrogen and oxygen atoms in total. The average Bonchev–Trinajstić information content (AvgIpc) is 2.38. The van der Waals surface area contributed by atoms with Gasteiger partial charge in [0.2, 0.25) is 0 Å². The van der Waals surface area contributed by atoms with E-state index >= 15 is 0 Å². The van der Waals surface area contributed by atoms with Gasteiger partial charge in [-0.25, -0.2) is 0 Å². The second-order valence-corrected chi connectivity index (χ2v) is 5.23. The van der Waals surface area contributed by atoms with E-state index in [1.165, 1.54) is 0 Å². The van der Waals surface area contributed by atoms with E-state index in [9.17, 15) is 5.11 Å². The van der Waals surface area contributed by atoms with Crippen LogP contribution in [-0.2, 0) is 10.3 Å². The molecule has 0 bridgehead atoms. The Balaban J connectivity index is 2.42. The molecule has 0 aliphatic heterocycles. The summed E-state index contributed by atoms with van der Waals surface area (Å²) in [5.74, 6) is 0.652. The molecule has 1 aromatic rings. The maximum absolute atomic E-state index is 9.50. The minimum Gasteiger partial charge on any atom is -0.394 e. The quantitative estimate of drug-likeness (QED) is 0.697. The molecule has 0 radical (unpaired) electrons. The van der Waals surface area contributed by atoms with Crippen LogP contribution in [0.3, 0.4) is 0 Å². The number of benzene rings is 1. The zero-order valence-corrected chi connectivity index (χ0v) is 11.4. The minimum atomic E-state index is -0.695. The van der Waals surface area contributed by atoms with Crippen molar-refractivity contribution >= 4 is 0 Å².